The summed E-state index contributed by atoms with van der Waals surface area (Å²) in [7, 11) is 0. The minimum absolute atomic E-state index is 0.0483. The van der Waals surface area contributed by atoms with Gasteiger partial charge in [-0.1, -0.05) is 46.4 Å². The van der Waals surface area contributed by atoms with Crippen molar-refractivity contribution in [1.29, 1.82) is 0 Å². The lowest BCUT2D eigenvalue weighted by molar-refractivity contribution is 0.459. The van der Waals surface area contributed by atoms with E-state index in [-0.39, 0.29) is 20.6 Å². The maximum Gasteiger partial charge on any atom is 0.181 e. The fourth-order valence-corrected chi connectivity index (χ4v) is 2.32. The van der Waals surface area contributed by atoms with Gasteiger partial charge in [-0.25, -0.2) is 17.6 Å². The Morgan fingerprint density at radius 2 is 1.00 bits per heavy atom. The SMILES string of the molecule is Fc1c(F)c(-c2cc(Cl)c(Cl)c(Cl)c2)c(F)c(F)c1Cl. The average molecular weight is 364 g/mol. The zero-order valence-electron chi connectivity index (χ0n) is 9.18. The molecular formula is C12H2Cl4F4. The molecule has 0 aliphatic rings. The first-order chi connectivity index (χ1) is 9.25. The molecule has 0 radical (unpaired) electrons. The fourth-order valence-electron chi connectivity index (χ4n) is 1.56. The van der Waals surface area contributed by atoms with Crippen molar-refractivity contribution in [3.05, 3.63) is 55.5 Å². The first-order valence-corrected chi connectivity index (χ1v) is 6.43. The van der Waals surface area contributed by atoms with Crippen LogP contribution in [0.2, 0.25) is 20.1 Å². The molecule has 2 aromatic rings. The quantitative estimate of drug-likeness (QED) is 0.307. The second-order valence-electron chi connectivity index (χ2n) is 3.70. The van der Waals surface area contributed by atoms with Crippen molar-refractivity contribution in [3.8, 4) is 11.1 Å². The molecule has 0 heterocycles. The van der Waals surface area contributed by atoms with Crippen LogP contribution in [0.15, 0.2) is 12.1 Å². The molecule has 0 nitrogen and oxygen atoms in total. The van der Waals surface area contributed by atoms with E-state index in [9.17, 15) is 17.6 Å². The van der Waals surface area contributed by atoms with Gasteiger partial charge in [0.05, 0.1) is 20.6 Å². The molecule has 0 atom stereocenters. The smallest absolute Gasteiger partial charge is 0.181 e. The third-order valence-electron chi connectivity index (χ3n) is 2.48. The summed E-state index contributed by atoms with van der Waals surface area (Å²) >= 11 is 22.2. The van der Waals surface area contributed by atoms with Gasteiger partial charge < -0.3 is 0 Å². The minimum Gasteiger partial charge on any atom is -0.203 e. The summed E-state index contributed by atoms with van der Waals surface area (Å²) in [6, 6.07) is 2.06. The molecule has 0 aliphatic heterocycles. The standard InChI is InChI=1S/C12H2Cl4F4/c13-4-1-3(2-5(14)7(4)15)6-9(17)11(19)8(16)12(20)10(6)18/h1-2H. The molecule has 2 rings (SSSR count). The Kier molecular flexibility index (Phi) is 4.40. The molecule has 0 fully saturated rings. The Bertz CT molecular complexity index is 663. The van der Waals surface area contributed by atoms with Crippen molar-refractivity contribution >= 4 is 46.4 Å². The van der Waals surface area contributed by atoms with Crippen LogP contribution in [-0.2, 0) is 0 Å². The highest BCUT2D eigenvalue weighted by Crippen LogP contribution is 2.39. The summed E-state index contributed by atoms with van der Waals surface area (Å²) in [5, 5.41) is -1.56. The number of halogens is 8. The summed E-state index contributed by atoms with van der Waals surface area (Å²) in [6.45, 7) is 0. The lowest BCUT2D eigenvalue weighted by Gasteiger charge is -2.10. The summed E-state index contributed by atoms with van der Waals surface area (Å²) in [5.41, 5.74) is -1.24. The molecule has 106 valence electrons. The van der Waals surface area contributed by atoms with Crippen LogP contribution in [0.3, 0.4) is 0 Å². The van der Waals surface area contributed by atoms with Crippen LogP contribution in [0.1, 0.15) is 0 Å². The number of benzene rings is 2. The number of hydrogen-bond acceptors (Lipinski definition) is 0. The Morgan fingerprint density at radius 3 is 1.40 bits per heavy atom. The predicted molar refractivity (Wildman–Crippen MR) is 71.8 cm³/mol. The third-order valence-corrected chi connectivity index (χ3v) is 4.01. The maximum absolute atomic E-state index is 13.8. The van der Waals surface area contributed by atoms with E-state index in [1.807, 2.05) is 0 Å². The van der Waals surface area contributed by atoms with Gasteiger partial charge >= 0.3 is 0 Å². The molecule has 0 bridgehead atoms. The van der Waals surface area contributed by atoms with Gasteiger partial charge in [-0.3, -0.25) is 0 Å². The van der Waals surface area contributed by atoms with E-state index in [1.165, 1.54) is 0 Å². The molecular weight excluding hydrogens is 362 g/mol. The zero-order chi connectivity index (χ0) is 15.2. The maximum atomic E-state index is 13.8. The van der Waals surface area contributed by atoms with Crippen LogP contribution in [-0.4, -0.2) is 0 Å². The van der Waals surface area contributed by atoms with Crippen molar-refractivity contribution in [3.63, 3.8) is 0 Å². The lowest BCUT2D eigenvalue weighted by atomic mass is 10.0. The average Bonchev–Trinajstić information content (AvgIpc) is 2.40. The lowest BCUT2D eigenvalue weighted by Crippen LogP contribution is -2.01. The summed E-state index contributed by atoms with van der Waals surface area (Å²) in [4.78, 5) is 0. The second-order valence-corrected chi connectivity index (χ2v) is 5.27. The van der Waals surface area contributed by atoms with E-state index >= 15 is 0 Å². The molecule has 0 aromatic heterocycles. The first kappa shape index (κ1) is 15.7. The minimum atomic E-state index is -1.71. The highest BCUT2D eigenvalue weighted by Gasteiger charge is 2.26. The van der Waals surface area contributed by atoms with Crippen molar-refractivity contribution in [1.82, 2.24) is 0 Å². The van der Waals surface area contributed by atoms with Crippen molar-refractivity contribution in [2.24, 2.45) is 0 Å². The largest absolute Gasteiger partial charge is 0.203 e. The topological polar surface area (TPSA) is 0 Å². The first-order valence-electron chi connectivity index (χ1n) is 4.92. The zero-order valence-corrected chi connectivity index (χ0v) is 12.2. The van der Waals surface area contributed by atoms with Gasteiger partial charge in [-0.15, -0.1) is 0 Å². The molecule has 0 saturated carbocycles. The Balaban J connectivity index is 2.83. The Morgan fingerprint density at radius 1 is 0.600 bits per heavy atom. The van der Waals surface area contributed by atoms with Crippen molar-refractivity contribution in [2.75, 3.05) is 0 Å². The van der Waals surface area contributed by atoms with Crippen LogP contribution in [0.5, 0.6) is 0 Å². The van der Waals surface area contributed by atoms with Gasteiger partial charge in [0.2, 0.25) is 0 Å². The monoisotopic (exact) mass is 362 g/mol. The Labute approximate surface area is 130 Å². The van der Waals surface area contributed by atoms with Crippen LogP contribution in [0.25, 0.3) is 11.1 Å². The van der Waals surface area contributed by atoms with Crippen LogP contribution >= 0.6 is 46.4 Å². The molecule has 0 N–H and O–H groups in total. The summed E-state index contributed by atoms with van der Waals surface area (Å²) < 4.78 is 54.3. The second kappa shape index (κ2) is 5.60. The van der Waals surface area contributed by atoms with Crippen molar-refractivity contribution in [2.45, 2.75) is 0 Å². The molecule has 0 aliphatic carbocycles. The molecule has 8 heteroatoms. The van der Waals surface area contributed by atoms with Crippen LogP contribution in [0.4, 0.5) is 17.6 Å². The van der Waals surface area contributed by atoms with Gasteiger partial charge in [-0.2, -0.15) is 0 Å². The van der Waals surface area contributed by atoms with Gasteiger partial charge in [-0.05, 0) is 17.7 Å². The molecule has 0 amide bonds. The highest BCUT2D eigenvalue weighted by atomic mass is 35.5. The van der Waals surface area contributed by atoms with E-state index < -0.39 is 33.9 Å². The van der Waals surface area contributed by atoms with E-state index in [1.54, 1.807) is 0 Å². The number of hydrogen-bond donors (Lipinski definition) is 0. The molecule has 0 saturated heterocycles. The van der Waals surface area contributed by atoms with Gasteiger partial charge in [0, 0.05) is 0 Å². The van der Waals surface area contributed by atoms with Gasteiger partial charge in [0.1, 0.15) is 5.02 Å². The van der Waals surface area contributed by atoms with Crippen LogP contribution in [0, 0.1) is 23.3 Å². The molecule has 0 spiro atoms. The summed E-state index contributed by atoms with van der Waals surface area (Å²) in [6.07, 6.45) is 0. The molecule has 20 heavy (non-hydrogen) atoms. The van der Waals surface area contributed by atoms with E-state index in [2.05, 4.69) is 0 Å². The van der Waals surface area contributed by atoms with Crippen molar-refractivity contribution < 1.29 is 17.6 Å². The third kappa shape index (κ3) is 2.46. The van der Waals surface area contributed by atoms with Gasteiger partial charge in [0.25, 0.3) is 0 Å². The van der Waals surface area contributed by atoms with E-state index in [4.69, 9.17) is 46.4 Å². The van der Waals surface area contributed by atoms with E-state index in [0.717, 1.165) is 12.1 Å². The molecule has 0 unspecified atom stereocenters. The Hall–Kier alpha value is -0.680. The van der Waals surface area contributed by atoms with E-state index in [0.29, 0.717) is 0 Å². The predicted octanol–water partition coefficient (Wildman–Crippen LogP) is 6.52. The number of rotatable bonds is 1. The highest BCUT2D eigenvalue weighted by molar-refractivity contribution is 6.48. The fraction of sp³-hybridized carbons (Fsp3) is 0. The van der Waals surface area contributed by atoms with Gasteiger partial charge in [0.15, 0.2) is 23.3 Å². The van der Waals surface area contributed by atoms with Crippen LogP contribution < -0.4 is 0 Å². The molecule has 2 aromatic carbocycles. The summed E-state index contributed by atoms with van der Waals surface area (Å²) in [5.74, 6) is -6.71. The normalized spacial score (nSPS) is 11.0.